The SMILES string of the molecule is CCCc1nnsc1C(=O)NC[C@@H](OC)c1ccco1. The summed E-state index contributed by atoms with van der Waals surface area (Å²) in [6, 6.07) is 3.60. The van der Waals surface area contributed by atoms with E-state index in [1.807, 2.05) is 13.0 Å². The largest absolute Gasteiger partial charge is 0.467 e. The molecule has 2 heterocycles. The van der Waals surface area contributed by atoms with Crippen LogP contribution in [0.15, 0.2) is 22.8 Å². The van der Waals surface area contributed by atoms with Gasteiger partial charge in [-0.15, -0.1) is 5.10 Å². The van der Waals surface area contributed by atoms with E-state index in [4.69, 9.17) is 9.15 Å². The van der Waals surface area contributed by atoms with Crippen LogP contribution >= 0.6 is 11.5 Å². The fourth-order valence-electron chi connectivity index (χ4n) is 1.82. The Labute approximate surface area is 121 Å². The maximum atomic E-state index is 12.1. The predicted molar refractivity (Wildman–Crippen MR) is 74.7 cm³/mol. The third kappa shape index (κ3) is 3.43. The zero-order valence-corrected chi connectivity index (χ0v) is 12.3. The minimum absolute atomic E-state index is 0.169. The van der Waals surface area contributed by atoms with E-state index in [-0.39, 0.29) is 12.0 Å². The molecule has 20 heavy (non-hydrogen) atoms. The van der Waals surface area contributed by atoms with E-state index in [0.29, 0.717) is 17.2 Å². The highest BCUT2D eigenvalue weighted by Crippen LogP contribution is 2.17. The Balaban J connectivity index is 1.96. The normalized spacial score (nSPS) is 12.3. The summed E-state index contributed by atoms with van der Waals surface area (Å²) in [7, 11) is 1.58. The number of nitrogens with zero attached hydrogens (tertiary/aromatic N) is 2. The fourth-order valence-corrected chi connectivity index (χ4v) is 2.45. The molecule has 2 rings (SSSR count). The molecule has 2 aromatic rings. The van der Waals surface area contributed by atoms with Crippen molar-refractivity contribution in [1.82, 2.24) is 14.9 Å². The molecular formula is C13H17N3O3S. The highest BCUT2D eigenvalue weighted by Gasteiger charge is 2.19. The maximum Gasteiger partial charge on any atom is 0.265 e. The van der Waals surface area contributed by atoms with Crippen molar-refractivity contribution in [3.63, 3.8) is 0 Å². The molecular weight excluding hydrogens is 278 g/mol. The number of carbonyl (C=O) groups is 1. The standard InChI is InChI=1S/C13H17N3O3S/c1-3-5-9-12(20-16-15-9)13(17)14-8-11(18-2)10-6-4-7-19-10/h4,6-7,11H,3,5,8H2,1-2H3,(H,14,17)/t11-/m1/s1. The number of carbonyl (C=O) groups excluding carboxylic acids is 1. The second-order valence-corrected chi connectivity index (χ2v) is 5.00. The molecule has 0 aromatic carbocycles. The molecule has 0 spiro atoms. The molecule has 1 N–H and O–H groups in total. The molecule has 7 heteroatoms. The average Bonchev–Trinajstić information content (AvgIpc) is 3.11. The van der Waals surface area contributed by atoms with Gasteiger partial charge in [0.25, 0.3) is 5.91 Å². The van der Waals surface area contributed by atoms with E-state index in [0.717, 1.165) is 30.1 Å². The van der Waals surface area contributed by atoms with Crippen molar-refractivity contribution >= 4 is 17.4 Å². The first-order chi connectivity index (χ1) is 9.76. The molecule has 1 atom stereocenters. The highest BCUT2D eigenvalue weighted by atomic mass is 32.1. The van der Waals surface area contributed by atoms with Crippen LogP contribution in [0.2, 0.25) is 0 Å². The smallest absolute Gasteiger partial charge is 0.265 e. The number of furan rings is 1. The topological polar surface area (TPSA) is 77.2 Å². The number of nitrogens with one attached hydrogen (secondary N) is 1. The van der Waals surface area contributed by atoms with Crippen LogP contribution in [-0.4, -0.2) is 29.1 Å². The first-order valence-electron chi connectivity index (χ1n) is 6.41. The van der Waals surface area contributed by atoms with Crippen LogP contribution in [0.5, 0.6) is 0 Å². The zero-order valence-electron chi connectivity index (χ0n) is 11.5. The highest BCUT2D eigenvalue weighted by molar-refractivity contribution is 7.08. The van der Waals surface area contributed by atoms with Crippen LogP contribution in [0.4, 0.5) is 0 Å². The van der Waals surface area contributed by atoms with Gasteiger partial charge in [-0.05, 0) is 30.1 Å². The molecule has 0 bridgehead atoms. The molecule has 108 valence electrons. The Kier molecular flexibility index (Phi) is 5.25. The lowest BCUT2D eigenvalue weighted by Gasteiger charge is -2.13. The number of aryl methyl sites for hydroxylation is 1. The van der Waals surface area contributed by atoms with Crippen LogP contribution < -0.4 is 5.32 Å². The lowest BCUT2D eigenvalue weighted by Crippen LogP contribution is -2.29. The van der Waals surface area contributed by atoms with E-state index in [9.17, 15) is 4.79 Å². The number of hydrogen-bond acceptors (Lipinski definition) is 6. The van der Waals surface area contributed by atoms with Gasteiger partial charge in [0.15, 0.2) is 0 Å². The predicted octanol–water partition coefficient (Wildman–Crippen LogP) is 2.20. The third-order valence-electron chi connectivity index (χ3n) is 2.84. The van der Waals surface area contributed by atoms with Gasteiger partial charge in [-0.25, -0.2) is 0 Å². The van der Waals surface area contributed by atoms with Crippen molar-refractivity contribution in [3.05, 3.63) is 34.7 Å². The second kappa shape index (κ2) is 7.16. The summed E-state index contributed by atoms with van der Waals surface area (Å²) in [5.74, 6) is 0.515. The van der Waals surface area contributed by atoms with Gasteiger partial charge in [0, 0.05) is 7.11 Å². The van der Waals surface area contributed by atoms with Crippen molar-refractivity contribution in [1.29, 1.82) is 0 Å². The summed E-state index contributed by atoms with van der Waals surface area (Å²) in [6.07, 6.45) is 2.96. The van der Waals surface area contributed by atoms with Crippen LogP contribution in [0.25, 0.3) is 0 Å². The number of ether oxygens (including phenoxy) is 1. The molecule has 0 unspecified atom stereocenters. The van der Waals surface area contributed by atoms with Crippen LogP contribution in [-0.2, 0) is 11.2 Å². The van der Waals surface area contributed by atoms with E-state index in [1.54, 1.807) is 19.4 Å². The van der Waals surface area contributed by atoms with E-state index in [1.165, 1.54) is 0 Å². The Morgan fingerprint density at radius 3 is 3.10 bits per heavy atom. The summed E-state index contributed by atoms with van der Waals surface area (Å²) < 4.78 is 14.4. The first kappa shape index (κ1) is 14.7. The van der Waals surface area contributed by atoms with E-state index in [2.05, 4.69) is 14.9 Å². The molecule has 1 amide bonds. The Hall–Kier alpha value is -1.73. The summed E-state index contributed by atoms with van der Waals surface area (Å²) in [6.45, 7) is 2.38. The fraction of sp³-hybridized carbons (Fsp3) is 0.462. The number of rotatable bonds is 7. The van der Waals surface area contributed by atoms with Crippen LogP contribution in [0, 0.1) is 0 Å². The lowest BCUT2D eigenvalue weighted by atomic mass is 10.2. The summed E-state index contributed by atoms with van der Waals surface area (Å²) >= 11 is 1.12. The number of amides is 1. The summed E-state index contributed by atoms with van der Waals surface area (Å²) in [5, 5.41) is 6.81. The Morgan fingerprint density at radius 1 is 1.60 bits per heavy atom. The number of hydrogen-bond donors (Lipinski definition) is 1. The minimum Gasteiger partial charge on any atom is -0.467 e. The van der Waals surface area contributed by atoms with Gasteiger partial charge in [0.05, 0.1) is 18.5 Å². The van der Waals surface area contributed by atoms with Crippen LogP contribution in [0.3, 0.4) is 0 Å². The van der Waals surface area contributed by atoms with Crippen molar-refractivity contribution in [2.75, 3.05) is 13.7 Å². The Bertz CT molecular complexity index is 539. The monoisotopic (exact) mass is 295 g/mol. The molecule has 2 aromatic heterocycles. The summed E-state index contributed by atoms with van der Waals surface area (Å²) in [4.78, 5) is 12.7. The molecule has 0 aliphatic rings. The molecule has 0 saturated carbocycles. The maximum absolute atomic E-state index is 12.1. The van der Waals surface area contributed by atoms with Gasteiger partial charge in [0.2, 0.25) is 0 Å². The van der Waals surface area contributed by atoms with E-state index >= 15 is 0 Å². The van der Waals surface area contributed by atoms with Crippen molar-refractivity contribution in [2.45, 2.75) is 25.9 Å². The summed E-state index contributed by atoms with van der Waals surface area (Å²) in [5.41, 5.74) is 0.752. The van der Waals surface area contributed by atoms with Gasteiger partial charge in [-0.2, -0.15) is 0 Å². The van der Waals surface area contributed by atoms with Gasteiger partial charge >= 0.3 is 0 Å². The minimum atomic E-state index is -0.301. The van der Waals surface area contributed by atoms with E-state index < -0.39 is 0 Å². The van der Waals surface area contributed by atoms with Gasteiger partial charge in [-0.1, -0.05) is 17.8 Å². The molecule has 0 saturated heterocycles. The average molecular weight is 295 g/mol. The molecule has 0 aliphatic carbocycles. The molecule has 0 fully saturated rings. The van der Waals surface area contributed by atoms with Gasteiger partial charge in [0.1, 0.15) is 16.7 Å². The lowest BCUT2D eigenvalue weighted by molar-refractivity contribution is 0.0740. The first-order valence-corrected chi connectivity index (χ1v) is 7.19. The van der Waals surface area contributed by atoms with Crippen LogP contribution in [0.1, 0.15) is 40.6 Å². The van der Waals surface area contributed by atoms with Crippen molar-refractivity contribution in [2.24, 2.45) is 0 Å². The van der Waals surface area contributed by atoms with Crippen molar-refractivity contribution < 1.29 is 13.9 Å². The third-order valence-corrected chi connectivity index (χ3v) is 3.61. The van der Waals surface area contributed by atoms with Crippen molar-refractivity contribution in [3.8, 4) is 0 Å². The Morgan fingerprint density at radius 2 is 2.45 bits per heavy atom. The van der Waals surface area contributed by atoms with Gasteiger partial charge < -0.3 is 14.5 Å². The molecule has 6 nitrogen and oxygen atoms in total. The number of methoxy groups -OCH3 is 1. The number of aromatic nitrogens is 2. The molecule has 0 radical (unpaired) electrons. The second-order valence-electron chi connectivity index (χ2n) is 4.25. The quantitative estimate of drug-likeness (QED) is 0.847. The zero-order chi connectivity index (χ0) is 14.4. The molecule has 0 aliphatic heterocycles. The van der Waals surface area contributed by atoms with Gasteiger partial charge in [-0.3, -0.25) is 4.79 Å².